The molecule has 3 heterocycles. The first kappa shape index (κ1) is 25.0. The Bertz CT molecular complexity index is 1340. The molecule has 1 aliphatic rings. The number of aryl methyl sites for hydroxylation is 1. The molecule has 2 aromatic heterocycles. The lowest BCUT2D eigenvalue weighted by molar-refractivity contribution is 0.310. The van der Waals surface area contributed by atoms with Crippen LogP contribution >= 0.6 is 12.2 Å². The fraction of sp³-hybridized carbons (Fsp3) is 0.290. The molecule has 1 N–H and O–H groups in total. The van der Waals surface area contributed by atoms with Gasteiger partial charge >= 0.3 is 0 Å². The van der Waals surface area contributed by atoms with Crippen molar-refractivity contribution < 1.29 is 0 Å². The van der Waals surface area contributed by atoms with Crippen LogP contribution in [0.5, 0.6) is 0 Å². The van der Waals surface area contributed by atoms with E-state index in [1.165, 1.54) is 33.9 Å². The van der Waals surface area contributed by atoms with Gasteiger partial charge in [0.1, 0.15) is 0 Å². The molecule has 0 amide bonds. The van der Waals surface area contributed by atoms with Crippen molar-refractivity contribution in [1.82, 2.24) is 19.8 Å². The number of hydrogen-bond donors (Lipinski definition) is 1. The van der Waals surface area contributed by atoms with Crippen molar-refractivity contribution in [2.75, 3.05) is 18.0 Å². The molecular formula is C31H35N5S. The van der Waals surface area contributed by atoms with Gasteiger partial charge in [0.25, 0.3) is 0 Å². The maximum atomic E-state index is 5.91. The predicted octanol–water partition coefficient (Wildman–Crippen LogP) is 6.51. The van der Waals surface area contributed by atoms with Gasteiger partial charge in [-0.2, -0.15) is 0 Å². The molecule has 190 valence electrons. The van der Waals surface area contributed by atoms with Crippen LogP contribution in [0.3, 0.4) is 0 Å². The van der Waals surface area contributed by atoms with Gasteiger partial charge in [0.05, 0.1) is 17.8 Å². The third kappa shape index (κ3) is 4.86. The minimum Gasteiger partial charge on any atom is -0.372 e. The van der Waals surface area contributed by atoms with Crippen molar-refractivity contribution >= 4 is 23.0 Å². The average Bonchev–Trinajstić information content (AvgIpc) is 3.40. The quantitative estimate of drug-likeness (QED) is 0.274. The number of nitrogens with one attached hydrogen (secondary N) is 1. The number of hydrogen-bond acceptors (Lipinski definition) is 3. The topological polar surface area (TPSA) is 36.3 Å². The second-order valence-electron chi connectivity index (χ2n) is 9.59. The molecular weight excluding hydrogens is 474 g/mol. The first-order chi connectivity index (χ1) is 18.0. The zero-order valence-corrected chi connectivity index (χ0v) is 22.9. The van der Waals surface area contributed by atoms with Gasteiger partial charge in [-0.3, -0.25) is 4.98 Å². The molecule has 37 heavy (non-hydrogen) atoms. The van der Waals surface area contributed by atoms with Crippen LogP contribution in [0, 0.1) is 13.8 Å². The molecule has 2 atom stereocenters. The lowest BCUT2D eigenvalue weighted by Crippen LogP contribution is -2.29. The van der Waals surface area contributed by atoms with Crippen molar-refractivity contribution in [3.8, 4) is 5.69 Å². The van der Waals surface area contributed by atoms with Crippen LogP contribution in [0.15, 0.2) is 85.1 Å². The van der Waals surface area contributed by atoms with E-state index in [9.17, 15) is 0 Å². The van der Waals surface area contributed by atoms with E-state index < -0.39 is 0 Å². The molecule has 1 fully saturated rings. The van der Waals surface area contributed by atoms with Crippen LogP contribution in [0.4, 0.5) is 5.69 Å². The smallest absolute Gasteiger partial charge is 0.170 e. The highest BCUT2D eigenvalue weighted by Crippen LogP contribution is 2.42. The lowest BCUT2D eigenvalue weighted by Gasteiger charge is -2.28. The average molecular weight is 510 g/mol. The van der Waals surface area contributed by atoms with E-state index in [4.69, 9.17) is 17.2 Å². The third-order valence-corrected chi connectivity index (χ3v) is 7.77. The molecule has 1 saturated heterocycles. The Hall–Kier alpha value is -3.64. The minimum atomic E-state index is -0.0311. The fourth-order valence-corrected chi connectivity index (χ4v) is 5.89. The van der Waals surface area contributed by atoms with Gasteiger partial charge in [-0.15, -0.1) is 0 Å². The van der Waals surface area contributed by atoms with Crippen LogP contribution in [0.2, 0.25) is 0 Å². The molecule has 4 aromatic rings. The van der Waals surface area contributed by atoms with Crippen molar-refractivity contribution in [1.29, 1.82) is 0 Å². The molecule has 0 saturated carbocycles. The minimum absolute atomic E-state index is 0.0255. The molecule has 2 aromatic carbocycles. The molecule has 5 rings (SSSR count). The molecule has 1 aliphatic heterocycles. The Kier molecular flexibility index (Phi) is 7.28. The van der Waals surface area contributed by atoms with E-state index in [0.717, 1.165) is 30.4 Å². The normalized spacial score (nSPS) is 17.2. The van der Waals surface area contributed by atoms with E-state index in [2.05, 4.69) is 114 Å². The highest BCUT2D eigenvalue weighted by molar-refractivity contribution is 7.80. The Labute approximate surface area is 225 Å². The summed E-state index contributed by atoms with van der Waals surface area (Å²) in [5, 5.41) is 4.36. The first-order valence-electron chi connectivity index (χ1n) is 13.1. The Morgan fingerprint density at radius 3 is 2.27 bits per heavy atom. The van der Waals surface area contributed by atoms with Gasteiger partial charge in [-0.25, -0.2) is 0 Å². The van der Waals surface area contributed by atoms with Gasteiger partial charge in [0.15, 0.2) is 5.11 Å². The second-order valence-corrected chi connectivity index (χ2v) is 9.98. The first-order valence-corrected chi connectivity index (χ1v) is 13.5. The van der Waals surface area contributed by atoms with Gasteiger partial charge in [-0.05, 0) is 93.5 Å². The number of benzene rings is 2. The number of nitrogens with zero attached hydrogens (tertiary/aromatic N) is 4. The highest BCUT2D eigenvalue weighted by atomic mass is 32.1. The molecule has 5 nitrogen and oxygen atoms in total. The monoisotopic (exact) mass is 509 g/mol. The fourth-order valence-electron chi connectivity index (χ4n) is 5.58. The largest absolute Gasteiger partial charge is 0.372 e. The van der Waals surface area contributed by atoms with Gasteiger partial charge in [0.2, 0.25) is 0 Å². The lowest BCUT2D eigenvalue weighted by atomic mass is 9.96. The summed E-state index contributed by atoms with van der Waals surface area (Å²) in [5.41, 5.74) is 8.37. The number of thiocarbonyl (C=S) groups is 1. The molecule has 6 heteroatoms. The molecule has 0 radical (unpaired) electrons. The zero-order chi connectivity index (χ0) is 25.9. The number of aromatic nitrogens is 2. The Morgan fingerprint density at radius 1 is 0.919 bits per heavy atom. The molecule has 0 bridgehead atoms. The summed E-state index contributed by atoms with van der Waals surface area (Å²) in [4.78, 5) is 9.40. The maximum Gasteiger partial charge on any atom is 0.170 e. The summed E-state index contributed by atoms with van der Waals surface area (Å²) in [5.74, 6) is 0. The number of rotatable bonds is 8. The van der Waals surface area contributed by atoms with E-state index in [1.54, 1.807) is 0 Å². The standard InChI is InChI=1S/C31H35N5S/c1-5-34(6-2)25-15-17-26(18-16-25)36-22(3)20-27(23(36)4)30-29(28-14-10-11-19-32-28)33-31(37)35(30)21-24-12-8-7-9-13-24/h7-20,29-30H,5-6,21H2,1-4H3,(H,33,37)/t29-,30+/m1/s1. The summed E-state index contributed by atoms with van der Waals surface area (Å²) in [7, 11) is 0. The summed E-state index contributed by atoms with van der Waals surface area (Å²) in [6.07, 6.45) is 1.86. The summed E-state index contributed by atoms with van der Waals surface area (Å²) in [6, 6.07) is 27.9. The van der Waals surface area contributed by atoms with Crippen LogP contribution in [0.25, 0.3) is 5.69 Å². The van der Waals surface area contributed by atoms with E-state index in [-0.39, 0.29) is 12.1 Å². The Balaban J connectivity index is 1.56. The molecule has 0 aliphatic carbocycles. The van der Waals surface area contributed by atoms with E-state index in [0.29, 0.717) is 0 Å². The Morgan fingerprint density at radius 2 is 1.62 bits per heavy atom. The summed E-state index contributed by atoms with van der Waals surface area (Å²) < 4.78 is 2.36. The zero-order valence-electron chi connectivity index (χ0n) is 22.1. The van der Waals surface area contributed by atoms with E-state index in [1.807, 2.05) is 18.3 Å². The molecule has 0 spiro atoms. The highest BCUT2D eigenvalue weighted by Gasteiger charge is 2.41. The van der Waals surface area contributed by atoms with Crippen molar-refractivity contribution in [3.63, 3.8) is 0 Å². The van der Waals surface area contributed by atoms with Crippen molar-refractivity contribution in [3.05, 3.63) is 113 Å². The summed E-state index contributed by atoms with van der Waals surface area (Å²) >= 11 is 5.91. The van der Waals surface area contributed by atoms with Gasteiger partial charge < -0.3 is 19.7 Å². The molecule has 0 unspecified atom stereocenters. The second kappa shape index (κ2) is 10.8. The van der Waals surface area contributed by atoms with Crippen molar-refractivity contribution in [2.24, 2.45) is 0 Å². The van der Waals surface area contributed by atoms with Crippen molar-refractivity contribution in [2.45, 2.75) is 46.3 Å². The van der Waals surface area contributed by atoms with E-state index >= 15 is 0 Å². The third-order valence-electron chi connectivity index (χ3n) is 7.42. The van der Waals surface area contributed by atoms with Crippen LogP contribution in [-0.4, -0.2) is 32.7 Å². The SMILES string of the molecule is CCN(CC)c1ccc(-n2c(C)cc([C@H]3[C@@H](c4ccccn4)NC(=S)N3Cc3ccccc3)c2C)cc1. The maximum absolute atomic E-state index is 5.91. The van der Waals surface area contributed by atoms with Gasteiger partial charge in [0, 0.05) is 48.6 Å². The van der Waals surface area contributed by atoms with Crippen LogP contribution in [0.1, 0.15) is 54.1 Å². The van der Waals surface area contributed by atoms with Gasteiger partial charge in [-0.1, -0.05) is 36.4 Å². The van der Waals surface area contributed by atoms with Crippen LogP contribution < -0.4 is 10.2 Å². The number of pyridine rings is 1. The summed E-state index contributed by atoms with van der Waals surface area (Å²) in [6.45, 7) is 11.5. The number of anilines is 1. The van der Waals surface area contributed by atoms with Crippen LogP contribution in [-0.2, 0) is 6.54 Å². The predicted molar refractivity (Wildman–Crippen MR) is 156 cm³/mol.